The zero-order valence-electron chi connectivity index (χ0n) is 12.5. The minimum atomic E-state index is -0.751. The molecule has 2 rings (SSSR count). The molecule has 6 heteroatoms. The smallest absolute Gasteiger partial charge is 0.274 e. The Hall–Kier alpha value is -2.94. The summed E-state index contributed by atoms with van der Waals surface area (Å²) in [6, 6.07) is 7.41. The Balaban J connectivity index is 2.11. The SMILES string of the molecule is Cc1cc(/C=N\NC(=O)c2ccc(C#N)cc2F)c(C)n1C. The average Bonchev–Trinajstić information content (AvgIpc) is 2.74. The molecular formula is C16H15FN4O. The van der Waals surface area contributed by atoms with E-state index in [0.29, 0.717) is 0 Å². The van der Waals surface area contributed by atoms with Gasteiger partial charge < -0.3 is 4.57 Å². The third-order valence-corrected chi connectivity index (χ3v) is 3.53. The van der Waals surface area contributed by atoms with Crippen molar-refractivity contribution < 1.29 is 9.18 Å². The Labute approximate surface area is 127 Å². The van der Waals surface area contributed by atoms with Gasteiger partial charge in [-0.3, -0.25) is 4.79 Å². The van der Waals surface area contributed by atoms with Crippen LogP contribution in [0.3, 0.4) is 0 Å². The van der Waals surface area contributed by atoms with Crippen molar-refractivity contribution in [2.75, 3.05) is 0 Å². The summed E-state index contributed by atoms with van der Waals surface area (Å²) in [5.41, 5.74) is 5.25. The second kappa shape index (κ2) is 6.22. The number of aromatic nitrogens is 1. The van der Waals surface area contributed by atoms with E-state index in [1.807, 2.05) is 37.6 Å². The fourth-order valence-corrected chi connectivity index (χ4v) is 2.00. The average molecular weight is 298 g/mol. The monoisotopic (exact) mass is 298 g/mol. The van der Waals surface area contributed by atoms with Gasteiger partial charge in [0.05, 0.1) is 23.4 Å². The van der Waals surface area contributed by atoms with E-state index in [1.165, 1.54) is 18.3 Å². The lowest BCUT2D eigenvalue weighted by Crippen LogP contribution is -2.19. The third-order valence-electron chi connectivity index (χ3n) is 3.53. The van der Waals surface area contributed by atoms with E-state index in [9.17, 15) is 9.18 Å². The fraction of sp³-hybridized carbons (Fsp3) is 0.188. The van der Waals surface area contributed by atoms with Crippen LogP contribution in [0.25, 0.3) is 0 Å². The number of hydrogen-bond acceptors (Lipinski definition) is 3. The van der Waals surface area contributed by atoms with Gasteiger partial charge >= 0.3 is 0 Å². The largest absolute Gasteiger partial charge is 0.352 e. The number of nitrogens with zero attached hydrogens (tertiary/aromatic N) is 3. The van der Waals surface area contributed by atoms with E-state index >= 15 is 0 Å². The van der Waals surface area contributed by atoms with E-state index in [0.717, 1.165) is 23.0 Å². The maximum Gasteiger partial charge on any atom is 0.274 e. The number of aryl methyl sites for hydroxylation is 1. The van der Waals surface area contributed by atoms with E-state index in [4.69, 9.17) is 5.26 Å². The molecule has 112 valence electrons. The predicted molar refractivity (Wildman–Crippen MR) is 81.1 cm³/mol. The second-order valence-corrected chi connectivity index (χ2v) is 4.89. The predicted octanol–water partition coefficient (Wildman–Crippen LogP) is 2.42. The summed E-state index contributed by atoms with van der Waals surface area (Å²) < 4.78 is 15.7. The molecule has 0 radical (unpaired) electrons. The van der Waals surface area contributed by atoms with Gasteiger partial charge in [0.1, 0.15) is 5.82 Å². The molecule has 0 bridgehead atoms. The minimum absolute atomic E-state index is 0.155. The Bertz CT molecular complexity index is 799. The number of hydrogen-bond donors (Lipinski definition) is 1. The van der Waals surface area contributed by atoms with Crippen LogP contribution in [0, 0.1) is 31.0 Å². The zero-order valence-corrected chi connectivity index (χ0v) is 12.5. The topological polar surface area (TPSA) is 70.2 Å². The van der Waals surface area contributed by atoms with Crippen LogP contribution in [-0.4, -0.2) is 16.7 Å². The molecule has 0 spiro atoms. The van der Waals surface area contributed by atoms with Crippen LogP contribution in [0.5, 0.6) is 0 Å². The first-order valence-corrected chi connectivity index (χ1v) is 6.60. The molecule has 5 nitrogen and oxygen atoms in total. The number of nitrogens with one attached hydrogen (secondary N) is 1. The van der Waals surface area contributed by atoms with Crippen LogP contribution in [0.15, 0.2) is 29.4 Å². The lowest BCUT2D eigenvalue weighted by atomic mass is 10.1. The summed E-state index contributed by atoms with van der Waals surface area (Å²) in [5, 5.41) is 12.5. The molecular weight excluding hydrogens is 283 g/mol. The van der Waals surface area contributed by atoms with Gasteiger partial charge in [-0.15, -0.1) is 0 Å². The summed E-state index contributed by atoms with van der Waals surface area (Å²) in [7, 11) is 1.94. The first-order valence-electron chi connectivity index (χ1n) is 6.60. The molecule has 1 N–H and O–H groups in total. The minimum Gasteiger partial charge on any atom is -0.352 e. The Kier molecular flexibility index (Phi) is 4.37. The van der Waals surface area contributed by atoms with Crippen molar-refractivity contribution in [3.05, 3.63) is 58.2 Å². The Morgan fingerprint density at radius 1 is 1.41 bits per heavy atom. The van der Waals surface area contributed by atoms with Crippen LogP contribution in [0.2, 0.25) is 0 Å². The van der Waals surface area contributed by atoms with Crippen LogP contribution in [0.1, 0.15) is 32.9 Å². The van der Waals surface area contributed by atoms with Crippen molar-refractivity contribution in [1.29, 1.82) is 5.26 Å². The highest BCUT2D eigenvalue weighted by atomic mass is 19.1. The maximum absolute atomic E-state index is 13.7. The van der Waals surface area contributed by atoms with Crippen molar-refractivity contribution in [2.24, 2.45) is 12.1 Å². The normalized spacial score (nSPS) is 10.7. The van der Waals surface area contributed by atoms with Gasteiger partial charge in [0.25, 0.3) is 5.91 Å². The lowest BCUT2D eigenvalue weighted by Gasteiger charge is -2.02. The molecule has 0 saturated heterocycles. The van der Waals surface area contributed by atoms with Crippen molar-refractivity contribution >= 4 is 12.1 Å². The molecule has 1 amide bonds. The number of carbonyl (C=O) groups excluding carboxylic acids is 1. The van der Waals surface area contributed by atoms with E-state index in [1.54, 1.807) is 0 Å². The summed E-state index contributed by atoms with van der Waals surface area (Å²) >= 11 is 0. The molecule has 1 aromatic heterocycles. The molecule has 0 fully saturated rings. The standard InChI is InChI=1S/C16H15FN4O/c1-10-6-13(11(2)21(10)3)9-19-20-16(22)14-5-4-12(8-18)7-15(14)17/h4-7,9H,1-3H3,(H,20,22)/b19-9-. The van der Waals surface area contributed by atoms with Gasteiger partial charge in [0, 0.05) is 24.0 Å². The van der Waals surface area contributed by atoms with Crippen LogP contribution in [0.4, 0.5) is 4.39 Å². The van der Waals surface area contributed by atoms with Crippen molar-refractivity contribution in [3.8, 4) is 6.07 Å². The van der Waals surface area contributed by atoms with Gasteiger partial charge in [0.2, 0.25) is 0 Å². The molecule has 0 unspecified atom stereocenters. The fourth-order valence-electron chi connectivity index (χ4n) is 2.00. The molecule has 0 aliphatic heterocycles. The highest BCUT2D eigenvalue weighted by Crippen LogP contribution is 2.11. The van der Waals surface area contributed by atoms with Gasteiger partial charge in [-0.2, -0.15) is 10.4 Å². The molecule has 0 atom stereocenters. The number of halogens is 1. The molecule has 22 heavy (non-hydrogen) atoms. The van der Waals surface area contributed by atoms with Crippen LogP contribution < -0.4 is 5.43 Å². The summed E-state index contributed by atoms with van der Waals surface area (Å²) in [6.07, 6.45) is 1.52. The van der Waals surface area contributed by atoms with E-state index in [2.05, 4.69) is 10.5 Å². The first-order chi connectivity index (χ1) is 10.4. The van der Waals surface area contributed by atoms with Gasteiger partial charge in [-0.05, 0) is 38.1 Å². The Morgan fingerprint density at radius 2 is 2.14 bits per heavy atom. The first kappa shape index (κ1) is 15.4. The van der Waals surface area contributed by atoms with Crippen molar-refractivity contribution in [1.82, 2.24) is 9.99 Å². The summed E-state index contributed by atoms with van der Waals surface area (Å²) in [5.74, 6) is -1.41. The highest BCUT2D eigenvalue weighted by Gasteiger charge is 2.11. The quantitative estimate of drug-likeness (QED) is 0.698. The van der Waals surface area contributed by atoms with Gasteiger partial charge in [0.15, 0.2) is 0 Å². The van der Waals surface area contributed by atoms with Crippen LogP contribution >= 0.6 is 0 Å². The van der Waals surface area contributed by atoms with Crippen molar-refractivity contribution in [3.63, 3.8) is 0 Å². The third kappa shape index (κ3) is 3.04. The molecule has 1 aromatic carbocycles. The number of benzene rings is 1. The summed E-state index contributed by atoms with van der Waals surface area (Å²) in [4.78, 5) is 11.9. The van der Waals surface area contributed by atoms with Crippen molar-refractivity contribution in [2.45, 2.75) is 13.8 Å². The molecule has 0 aliphatic rings. The number of hydrazone groups is 1. The molecule has 0 saturated carbocycles. The molecule has 0 aliphatic carbocycles. The Morgan fingerprint density at radius 3 is 2.68 bits per heavy atom. The van der Waals surface area contributed by atoms with E-state index in [-0.39, 0.29) is 11.1 Å². The second-order valence-electron chi connectivity index (χ2n) is 4.89. The number of nitriles is 1. The number of amides is 1. The number of rotatable bonds is 3. The van der Waals surface area contributed by atoms with Gasteiger partial charge in [-0.1, -0.05) is 0 Å². The van der Waals surface area contributed by atoms with E-state index < -0.39 is 11.7 Å². The summed E-state index contributed by atoms with van der Waals surface area (Å²) in [6.45, 7) is 3.91. The van der Waals surface area contributed by atoms with Gasteiger partial charge in [-0.25, -0.2) is 9.82 Å². The van der Waals surface area contributed by atoms with Crippen LogP contribution in [-0.2, 0) is 7.05 Å². The number of carbonyl (C=O) groups is 1. The highest BCUT2D eigenvalue weighted by molar-refractivity contribution is 5.95. The maximum atomic E-state index is 13.7. The molecule has 2 aromatic rings. The molecule has 1 heterocycles. The zero-order chi connectivity index (χ0) is 16.3. The lowest BCUT2D eigenvalue weighted by molar-refractivity contribution is 0.0951.